The Bertz CT molecular complexity index is 586. The van der Waals surface area contributed by atoms with Gasteiger partial charge in [0.2, 0.25) is 5.91 Å². The third-order valence-corrected chi connectivity index (χ3v) is 3.15. The summed E-state index contributed by atoms with van der Waals surface area (Å²) in [5, 5.41) is 7.16. The summed E-state index contributed by atoms with van der Waals surface area (Å²) in [5.74, 6) is -0.0425. The first-order valence-corrected chi connectivity index (χ1v) is 6.64. The number of nitrogens with one attached hydrogen (secondary N) is 1. The third kappa shape index (κ3) is 3.68. The summed E-state index contributed by atoms with van der Waals surface area (Å²) in [7, 11) is 0. The maximum atomic E-state index is 11.9. The second kappa shape index (κ2) is 6.34. The minimum atomic E-state index is -0.0425. The second-order valence-electron chi connectivity index (χ2n) is 4.88. The van der Waals surface area contributed by atoms with Crippen molar-refractivity contribution in [1.29, 1.82) is 0 Å². The molecule has 5 heteroatoms. The molecular formula is C15H20N4O. The molecule has 2 aromatic rings. The van der Waals surface area contributed by atoms with Crippen molar-refractivity contribution < 1.29 is 4.79 Å². The van der Waals surface area contributed by atoms with Gasteiger partial charge in [-0.3, -0.25) is 9.48 Å². The zero-order valence-corrected chi connectivity index (χ0v) is 11.9. The van der Waals surface area contributed by atoms with Gasteiger partial charge in [0.05, 0.1) is 5.69 Å². The van der Waals surface area contributed by atoms with Crippen LogP contribution >= 0.6 is 0 Å². The molecule has 106 valence electrons. The number of carbonyl (C=O) groups excluding carboxylic acids is 1. The lowest BCUT2D eigenvalue weighted by Crippen LogP contribution is -2.27. The van der Waals surface area contributed by atoms with Crippen LogP contribution < -0.4 is 11.1 Å². The summed E-state index contributed by atoms with van der Waals surface area (Å²) in [4.78, 5) is 11.9. The van der Waals surface area contributed by atoms with E-state index in [0.717, 1.165) is 22.5 Å². The van der Waals surface area contributed by atoms with Gasteiger partial charge in [-0.25, -0.2) is 0 Å². The Morgan fingerprint density at radius 2 is 1.90 bits per heavy atom. The van der Waals surface area contributed by atoms with E-state index in [1.807, 2.05) is 44.2 Å². The van der Waals surface area contributed by atoms with Gasteiger partial charge in [-0.2, -0.15) is 5.10 Å². The molecule has 0 fully saturated rings. The molecule has 1 amide bonds. The van der Waals surface area contributed by atoms with Gasteiger partial charge in [-0.15, -0.1) is 0 Å². The quantitative estimate of drug-likeness (QED) is 0.861. The summed E-state index contributed by atoms with van der Waals surface area (Å²) in [6.07, 6.45) is 0. The van der Waals surface area contributed by atoms with Crippen LogP contribution in [0.5, 0.6) is 0 Å². The van der Waals surface area contributed by atoms with Crippen LogP contribution in [0.2, 0.25) is 0 Å². The zero-order chi connectivity index (χ0) is 14.5. The highest BCUT2D eigenvalue weighted by atomic mass is 16.2. The fourth-order valence-corrected chi connectivity index (χ4v) is 2.02. The summed E-state index contributed by atoms with van der Waals surface area (Å²) >= 11 is 0. The Hall–Kier alpha value is -2.14. The van der Waals surface area contributed by atoms with E-state index in [0.29, 0.717) is 13.1 Å². The summed E-state index contributed by atoms with van der Waals surface area (Å²) in [6.45, 7) is 5.16. The van der Waals surface area contributed by atoms with Gasteiger partial charge in [-0.1, -0.05) is 24.3 Å². The summed E-state index contributed by atoms with van der Waals surface area (Å²) in [5.41, 5.74) is 9.60. The maximum Gasteiger partial charge on any atom is 0.242 e. The fraction of sp³-hybridized carbons (Fsp3) is 0.333. The Kier molecular flexibility index (Phi) is 4.53. The second-order valence-corrected chi connectivity index (χ2v) is 4.88. The molecule has 0 radical (unpaired) electrons. The topological polar surface area (TPSA) is 72.9 Å². The van der Waals surface area contributed by atoms with Crippen molar-refractivity contribution in [2.24, 2.45) is 5.73 Å². The lowest BCUT2D eigenvalue weighted by molar-refractivity contribution is -0.122. The Morgan fingerprint density at radius 1 is 1.25 bits per heavy atom. The van der Waals surface area contributed by atoms with E-state index >= 15 is 0 Å². The third-order valence-electron chi connectivity index (χ3n) is 3.15. The molecule has 0 saturated carbocycles. The smallest absolute Gasteiger partial charge is 0.242 e. The van der Waals surface area contributed by atoms with Crippen LogP contribution in [0.15, 0.2) is 30.3 Å². The molecule has 20 heavy (non-hydrogen) atoms. The fourth-order valence-electron chi connectivity index (χ4n) is 2.02. The number of rotatable bonds is 5. The van der Waals surface area contributed by atoms with Crippen molar-refractivity contribution in [2.75, 3.05) is 0 Å². The van der Waals surface area contributed by atoms with Crippen LogP contribution in [-0.2, 0) is 24.4 Å². The largest absolute Gasteiger partial charge is 0.350 e. The average molecular weight is 272 g/mol. The van der Waals surface area contributed by atoms with Crippen molar-refractivity contribution in [3.63, 3.8) is 0 Å². The van der Waals surface area contributed by atoms with Gasteiger partial charge in [-0.05, 0) is 31.0 Å². The molecule has 0 aliphatic rings. The molecule has 1 aromatic carbocycles. The van der Waals surface area contributed by atoms with Gasteiger partial charge in [0, 0.05) is 18.8 Å². The first kappa shape index (κ1) is 14.3. The summed E-state index contributed by atoms with van der Waals surface area (Å²) < 4.78 is 1.71. The van der Waals surface area contributed by atoms with Gasteiger partial charge >= 0.3 is 0 Å². The highest BCUT2D eigenvalue weighted by molar-refractivity contribution is 5.75. The average Bonchev–Trinajstić information content (AvgIpc) is 2.75. The minimum Gasteiger partial charge on any atom is -0.350 e. The number of hydrogen-bond donors (Lipinski definition) is 2. The van der Waals surface area contributed by atoms with E-state index in [2.05, 4.69) is 10.4 Å². The van der Waals surface area contributed by atoms with Gasteiger partial charge in [0.25, 0.3) is 0 Å². The van der Waals surface area contributed by atoms with E-state index in [-0.39, 0.29) is 12.5 Å². The minimum absolute atomic E-state index is 0.0425. The predicted octanol–water partition coefficient (Wildman–Crippen LogP) is 1.28. The van der Waals surface area contributed by atoms with E-state index in [1.54, 1.807) is 4.68 Å². The molecule has 0 atom stereocenters. The van der Waals surface area contributed by atoms with Crippen molar-refractivity contribution in [3.8, 4) is 0 Å². The van der Waals surface area contributed by atoms with E-state index in [1.165, 1.54) is 0 Å². The molecule has 0 aliphatic carbocycles. The molecule has 0 spiro atoms. The number of amides is 1. The summed E-state index contributed by atoms with van der Waals surface area (Å²) in [6, 6.07) is 9.86. The van der Waals surface area contributed by atoms with Gasteiger partial charge in [0.1, 0.15) is 6.54 Å². The highest BCUT2D eigenvalue weighted by Gasteiger charge is 2.06. The molecule has 0 aliphatic heterocycles. The van der Waals surface area contributed by atoms with Crippen molar-refractivity contribution >= 4 is 5.91 Å². The molecule has 2 rings (SSSR count). The SMILES string of the molecule is Cc1cc(C)n(CC(=O)NCc2ccc(CN)cc2)n1. The molecule has 0 saturated heterocycles. The predicted molar refractivity (Wildman–Crippen MR) is 77.9 cm³/mol. The van der Waals surface area contributed by atoms with E-state index in [9.17, 15) is 4.79 Å². The van der Waals surface area contributed by atoms with E-state index in [4.69, 9.17) is 5.73 Å². The highest BCUT2D eigenvalue weighted by Crippen LogP contribution is 2.04. The van der Waals surface area contributed by atoms with Gasteiger partial charge < -0.3 is 11.1 Å². The first-order valence-electron chi connectivity index (χ1n) is 6.64. The zero-order valence-electron chi connectivity index (χ0n) is 11.9. The molecule has 0 bridgehead atoms. The van der Waals surface area contributed by atoms with Crippen LogP contribution in [0.3, 0.4) is 0 Å². The number of carbonyl (C=O) groups is 1. The molecule has 3 N–H and O–H groups in total. The Morgan fingerprint density at radius 3 is 2.45 bits per heavy atom. The van der Waals surface area contributed by atoms with Crippen LogP contribution in [0, 0.1) is 13.8 Å². The normalized spacial score (nSPS) is 10.6. The van der Waals surface area contributed by atoms with Crippen LogP contribution in [0.1, 0.15) is 22.5 Å². The number of benzene rings is 1. The molecule has 1 aromatic heterocycles. The maximum absolute atomic E-state index is 11.9. The molecule has 1 heterocycles. The number of hydrogen-bond acceptors (Lipinski definition) is 3. The molecule has 5 nitrogen and oxygen atoms in total. The standard InChI is InChI=1S/C15H20N4O/c1-11-7-12(2)19(18-11)10-15(20)17-9-14-5-3-13(8-16)4-6-14/h3-7H,8-10,16H2,1-2H3,(H,17,20). The number of nitrogens with zero attached hydrogens (tertiary/aromatic N) is 2. The van der Waals surface area contributed by atoms with Crippen LogP contribution in [0.4, 0.5) is 0 Å². The van der Waals surface area contributed by atoms with Crippen molar-refractivity contribution in [3.05, 3.63) is 52.8 Å². The number of nitrogens with two attached hydrogens (primary N) is 1. The Balaban J connectivity index is 1.87. The number of aromatic nitrogens is 2. The van der Waals surface area contributed by atoms with Crippen molar-refractivity contribution in [1.82, 2.24) is 15.1 Å². The van der Waals surface area contributed by atoms with Crippen LogP contribution in [0.25, 0.3) is 0 Å². The molecule has 0 unspecified atom stereocenters. The van der Waals surface area contributed by atoms with Crippen LogP contribution in [-0.4, -0.2) is 15.7 Å². The Labute approximate surface area is 118 Å². The van der Waals surface area contributed by atoms with Crippen molar-refractivity contribution in [2.45, 2.75) is 33.5 Å². The van der Waals surface area contributed by atoms with E-state index < -0.39 is 0 Å². The monoisotopic (exact) mass is 272 g/mol. The first-order chi connectivity index (χ1) is 9.58. The lowest BCUT2D eigenvalue weighted by atomic mass is 10.1. The lowest BCUT2D eigenvalue weighted by Gasteiger charge is -2.07. The van der Waals surface area contributed by atoms with Gasteiger partial charge in [0.15, 0.2) is 0 Å². The molecular weight excluding hydrogens is 252 g/mol. The number of aryl methyl sites for hydroxylation is 2.